The third kappa shape index (κ3) is 4.44. The lowest BCUT2D eigenvalue weighted by Gasteiger charge is -2.32. The second kappa shape index (κ2) is 9.34. The van der Waals surface area contributed by atoms with Crippen LogP contribution in [-0.2, 0) is 13.6 Å². The van der Waals surface area contributed by atoms with Gasteiger partial charge in [-0.05, 0) is 37.1 Å². The van der Waals surface area contributed by atoms with Crippen LogP contribution in [-0.4, -0.2) is 57.8 Å². The summed E-state index contributed by atoms with van der Waals surface area (Å²) in [5.74, 6) is 3.12. The standard InChI is InChI=1S/C20H28N4O3S/c1-5-9-28-20-22-21-19(23(20)2)15-7-6-8-24(13-15)12-14-10-16(26-3)18(25)17(11-14)27-4/h5,10-11,15,25H,1,6-9,12-13H2,2-4H3/t15-/m1/s1. The number of aromatic nitrogens is 3. The number of nitrogens with zero attached hydrogens (tertiary/aromatic N) is 4. The molecular formula is C20H28N4O3S. The predicted octanol–water partition coefficient (Wildman–Crippen LogP) is 3.20. The molecule has 1 atom stereocenters. The van der Waals surface area contributed by atoms with Crippen molar-refractivity contribution in [1.82, 2.24) is 19.7 Å². The number of methoxy groups -OCH3 is 2. The summed E-state index contributed by atoms with van der Waals surface area (Å²) in [6, 6.07) is 3.74. The van der Waals surface area contributed by atoms with Crippen LogP contribution in [0.4, 0.5) is 0 Å². The third-order valence-electron chi connectivity index (χ3n) is 5.02. The number of piperidine rings is 1. The minimum atomic E-state index is 0.0360. The maximum absolute atomic E-state index is 10.1. The lowest BCUT2D eigenvalue weighted by Crippen LogP contribution is -2.34. The third-order valence-corrected chi connectivity index (χ3v) is 6.03. The zero-order valence-electron chi connectivity index (χ0n) is 16.7. The second-order valence-electron chi connectivity index (χ2n) is 6.92. The summed E-state index contributed by atoms with van der Waals surface area (Å²) in [6.45, 7) is 6.47. The van der Waals surface area contributed by atoms with Gasteiger partial charge < -0.3 is 19.1 Å². The molecule has 28 heavy (non-hydrogen) atoms. The summed E-state index contributed by atoms with van der Waals surface area (Å²) in [5, 5.41) is 19.8. The molecule has 8 heteroatoms. The molecule has 0 unspecified atom stereocenters. The first-order chi connectivity index (χ1) is 13.6. The van der Waals surface area contributed by atoms with Gasteiger partial charge >= 0.3 is 0 Å². The number of rotatable bonds is 8. The van der Waals surface area contributed by atoms with E-state index in [-0.39, 0.29) is 5.75 Å². The number of hydrogen-bond donors (Lipinski definition) is 1. The monoisotopic (exact) mass is 404 g/mol. The first kappa shape index (κ1) is 20.5. The molecule has 0 radical (unpaired) electrons. The van der Waals surface area contributed by atoms with E-state index in [1.807, 2.05) is 25.3 Å². The first-order valence-corrected chi connectivity index (χ1v) is 10.3. The van der Waals surface area contributed by atoms with Gasteiger partial charge in [0.05, 0.1) is 14.2 Å². The number of thioether (sulfide) groups is 1. The molecule has 0 spiro atoms. The van der Waals surface area contributed by atoms with Crippen molar-refractivity contribution in [3.8, 4) is 17.2 Å². The van der Waals surface area contributed by atoms with E-state index in [9.17, 15) is 5.11 Å². The van der Waals surface area contributed by atoms with Gasteiger partial charge in [0.1, 0.15) is 5.82 Å². The largest absolute Gasteiger partial charge is 0.502 e. The van der Waals surface area contributed by atoms with Crippen LogP contribution in [0.1, 0.15) is 30.1 Å². The van der Waals surface area contributed by atoms with Gasteiger partial charge in [-0.1, -0.05) is 17.8 Å². The fourth-order valence-electron chi connectivity index (χ4n) is 3.65. The minimum Gasteiger partial charge on any atom is -0.502 e. The van der Waals surface area contributed by atoms with E-state index in [4.69, 9.17) is 9.47 Å². The highest BCUT2D eigenvalue weighted by molar-refractivity contribution is 7.99. The highest BCUT2D eigenvalue weighted by Gasteiger charge is 2.26. The van der Waals surface area contributed by atoms with E-state index >= 15 is 0 Å². The van der Waals surface area contributed by atoms with Gasteiger partial charge in [0.15, 0.2) is 16.7 Å². The van der Waals surface area contributed by atoms with Crippen molar-refractivity contribution >= 4 is 11.8 Å². The van der Waals surface area contributed by atoms with Gasteiger partial charge in [-0.25, -0.2) is 0 Å². The van der Waals surface area contributed by atoms with Crippen molar-refractivity contribution in [3.63, 3.8) is 0 Å². The molecule has 2 aromatic rings. The van der Waals surface area contributed by atoms with Crippen molar-refractivity contribution in [2.45, 2.75) is 30.5 Å². The highest BCUT2D eigenvalue weighted by atomic mass is 32.2. The SMILES string of the molecule is C=CCSc1nnc([C@@H]2CCCN(Cc3cc(OC)c(O)c(OC)c3)C2)n1C. The number of hydrogen-bond acceptors (Lipinski definition) is 7. The van der Waals surface area contributed by atoms with E-state index in [1.54, 1.807) is 26.0 Å². The van der Waals surface area contributed by atoms with Crippen molar-refractivity contribution < 1.29 is 14.6 Å². The van der Waals surface area contributed by atoms with Crippen molar-refractivity contribution in [2.75, 3.05) is 33.1 Å². The van der Waals surface area contributed by atoms with Gasteiger partial charge in [0.2, 0.25) is 5.75 Å². The summed E-state index contributed by atoms with van der Waals surface area (Å²) >= 11 is 1.65. The van der Waals surface area contributed by atoms with Crippen molar-refractivity contribution in [1.29, 1.82) is 0 Å². The molecule has 1 aromatic carbocycles. The van der Waals surface area contributed by atoms with Crippen LogP contribution in [0.5, 0.6) is 17.2 Å². The van der Waals surface area contributed by atoms with Crippen LogP contribution in [0.3, 0.4) is 0 Å². The smallest absolute Gasteiger partial charge is 0.200 e. The van der Waals surface area contributed by atoms with Crippen LogP contribution in [0, 0.1) is 0 Å². The Labute approximate surface area is 170 Å². The molecule has 3 rings (SSSR count). The number of benzene rings is 1. The second-order valence-corrected chi connectivity index (χ2v) is 7.91. The fraction of sp³-hybridized carbons (Fsp3) is 0.500. The molecule has 0 bridgehead atoms. The van der Waals surface area contributed by atoms with E-state index < -0.39 is 0 Å². The van der Waals surface area contributed by atoms with Crippen LogP contribution >= 0.6 is 11.8 Å². The predicted molar refractivity (Wildman–Crippen MR) is 110 cm³/mol. The number of likely N-dealkylation sites (tertiary alicyclic amines) is 1. The Bertz CT molecular complexity index is 799. The molecule has 1 aliphatic heterocycles. The molecule has 2 heterocycles. The molecule has 0 amide bonds. The fourth-order valence-corrected chi connectivity index (χ4v) is 4.30. The summed E-state index contributed by atoms with van der Waals surface area (Å²) < 4.78 is 12.7. The molecule has 1 aliphatic rings. The van der Waals surface area contributed by atoms with E-state index in [1.165, 1.54) is 0 Å². The lowest BCUT2D eigenvalue weighted by atomic mass is 9.96. The van der Waals surface area contributed by atoms with Gasteiger partial charge in [-0.2, -0.15) is 0 Å². The summed E-state index contributed by atoms with van der Waals surface area (Å²) in [6.07, 6.45) is 4.09. The molecule has 1 aromatic heterocycles. The Kier molecular flexibility index (Phi) is 6.85. The zero-order chi connectivity index (χ0) is 20.1. The van der Waals surface area contributed by atoms with Gasteiger partial charge in [0.25, 0.3) is 0 Å². The normalized spacial score (nSPS) is 17.5. The van der Waals surface area contributed by atoms with Gasteiger partial charge in [-0.15, -0.1) is 16.8 Å². The van der Waals surface area contributed by atoms with Crippen LogP contribution in [0.15, 0.2) is 29.9 Å². The molecule has 1 saturated heterocycles. The molecule has 152 valence electrons. The molecule has 0 aliphatic carbocycles. The number of ether oxygens (including phenoxy) is 2. The Hall–Kier alpha value is -2.19. The molecule has 1 fully saturated rings. The Morgan fingerprint density at radius 2 is 2.00 bits per heavy atom. The number of phenols is 1. The zero-order valence-corrected chi connectivity index (χ0v) is 17.5. The lowest BCUT2D eigenvalue weighted by molar-refractivity contribution is 0.194. The first-order valence-electron chi connectivity index (χ1n) is 9.36. The summed E-state index contributed by atoms with van der Waals surface area (Å²) in [7, 11) is 5.13. The number of phenolic OH excluding ortho intramolecular Hbond substituents is 1. The highest BCUT2D eigenvalue weighted by Crippen LogP contribution is 2.38. The maximum Gasteiger partial charge on any atom is 0.200 e. The van der Waals surface area contributed by atoms with Crippen LogP contribution < -0.4 is 9.47 Å². The van der Waals surface area contributed by atoms with Crippen molar-refractivity contribution in [2.24, 2.45) is 7.05 Å². The van der Waals surface area contributed by atoms with Crippen LogP contribution in [0.25, 0.3) is 0 Å². The Morgan fingerprint density at radius 1 is 1.29 bits per heavy atom. The quantitative estimate of drug-likeness (QED) is 0.535. The van der Waals surface area contributed by atoms with E-state index in [0.29, 0.717) is 17.4 Å². The average Bonchev–Trinajstić information content (AvgIpc) is 3.08. The molecule has 1 N–H and O–H groups in total. The minimum absolute atomic E-state index is 0.0360. The van der Waals surface area contributed by atoms with Crippen molar-refractivity contribution in [3.05, 3.63) is 36.2 Å². The maximum atomic E-state index is 10.1. The number of aromatic hydroxyl groups is 1. The molecular weight excluding hydrogens is 376 g/mol. The van der Waals surface area contributed by atoms with Gasteiger partial charge in [-0.3, -0.25) is 4.90 Å². The molecule has 0 saturated carbocycles. The Balaban J connectivity index is 1.72. The van der Waals surface area contributed by atoms with E-state index in [2.05, 4.69) is 26.2 Å². The summed E-state index contributed by atoms with van der Waals surface area (Å²) in [5.41, 5.74) is 1.05. The van der Waals surface area contributed by atoms with E-state index in [0.717, 1.165) is 54.8 Å². The summed E-state index contributed by atoms with van der Waals surface area (Å²) in [4.78, 5) is 2.41. The average molecular weight is 405 g/mol. The molecule has 7 nitrogen and oxygen atoms in total. The van der Waals surface area contributed by atoms with Gasteiger partial charge in [0, 0.05) is 31.8 Å². The Morgan fingerprint density at radius 3 is 2.64 bits per heavy atom. The van der Waals surface area contributed by atoms with Crippen LogP contribution in [0.2, 0.25) is 0 Å². The topological polar surface area (TPSA) is 72.6 Å².